The zero-order chi connectivity index (χ0) is 16.2. The number of aromatic nitrogens is 4. The molecule has 0 aliphatic carbocycles. The molecule has 1 aliphatic heterocycles. The van der Waals surface area contributed by atoms with Crippen molar-refractivity contribution in [2.75, 3.05) is 25.1 Å². The molecule has 1 saturated heterocycles. The molecule has 8 nitrogen and oxygen atoms in total. The van der Waals surface area contributed by atoms with E-state index in [-0.39, 0.29) is 11.9 Å². The van der Waals surface area contributed by atoms with Crippen molar-refractivity contribution in [1.29, 1.82) is 0 Å². The molecular formula is C15H20N6O2. The van der Waals surface area contributed by atoms with Crippen molar-refractivity contribution >= 4 is 11.9 Å². The van der Waals surface area contributed by atoms with E-state index in [1.807, 2.05) is 0 Å². The van der Waals surface area contributed by atoms with Crippen LogP contribution in [0, 0.1) is 0 Å². The summed E-state index contributed by atoms with van der Waals surface area (Å²) < 4.78 is 6.75. The van der Waals surface area contributed by atoms with E-state index in [9.17, 15) is 4.79 Å². The maximum absolute atomic E-state index is 12.1. The van der Waals surface area contributed by atoms with Crippen LogP contribution in [-0.2, 0) is 7.05 Å². The second-order valence-electron chi connectivity index (χ2n) is 5.54. The molecule has 122 valence electrons. The van der Waals surface area contributed by atoms with E-state index in [4.69, 9.17) is 4.74 Å². The highest BCUT2D eigenvalue weighted by Gasteiger charge is 2.23. The number of hydrogen-bond donors (Lipinski definition) is 1. The highest BCUT2D eigenvalue weighted by Crippen LogP contribution is 2.18. The SMILES string of the molecule is COc1ccnc(N2CCC(NC(=O)c3cnn(C)c3)CC2)n1. The van der Waals surface area contributed by atoms with Crippen molar-refractivity contribution in [3.8, 4) is 5.88 Å². The first kappa shape index (κ1) is 15.3. The quantitative estimate of drug-likeness (QED) is 0.890. The molecule has 2 aromatic rings. The van der Waals surface area contributed by atoms with Crippen LogP contribution in [-0.4, -0.2) is 51.9 Å². The largest absolute Gasteiger partial charge is 0.481 e. The van der Waals surface area contributed by atoms with Gasteiger partial charge in [0.15, 0.2) is 0 Å². The zero-order valence-corrected chi connectivity index (χ0v) is 13.3. The number of methoxy groups -OCH3 is 1. The third kappa shape index (κ3) is 3.58. The topological polar surface area (TPSA) is 85.2 Å². The number of rotatable bonds is 4. The van der Waals surface area contributed by atoms with Gasteiger partial charge in [-0.3, -0.25) is 9.48 Å². The fourth-order valence-electron chi connectivity index (χ4n) is 2.63. The molecule has 0 saturated carbocycles. The van der Waals surface area contributed by atoms with Crippen LogP contribution in [0.5, 0.6) is 5.88 Å². The van der Waals surface area contributed by atoms with Crippen LogP contribution in [0.3, 0.4) is 0 Å². The van der Waals surface area contributed by atoms with Gasteiger partial charge in [0.2, 0.25) is 11.8 Å². The van der Waals surface area contributed by atoms with Gasteiger partial charge < -0.3 is 15.0 Å². The number of anilines is 1. The van der Waals surface area contributed by atoms with Crippen molar-refractivity contribution in [3.63, 3.8) is 0 Å². The van der Waals surface area contributed by atoms with Crippen LogP contribution in [0.1, 0.15) is 23.2 Å². The monoisotopic (exact) mass is 316 g/mol. The third-order valence-corrected chi connectivity index (χ3v) is 3.91. The van der Waals surface area contributed by atoms with Gasteiger partial charge in [-0.2, -0.15) is 10.1 Å². The van der Waals surface area contributed by atoms with E-state index < -0.39 is 0 Å². The van der Waals surface area contributed by atoms with Crippen LogP contribution in [0.2, 0.25) is 0 Å². The van der Waals surface area contributed by atoms with Gasteiger partial charge in [-0.05, 0) is 12.8 Å². The summed E-state index contributed by atoms with van der Waals surface area (Å²) in [5.41, 5.74) is 0.589. The average molecular weight is 316 g/mol. The minimum Gasteiger partial charge on any atom is -0.481 e. The lowest BCUT2D eigenvalue weighted by molar-refractivity contribution is 0.0931. The predicted molar refractivity (Wildman–Crippen MR) is 84.5 cm³/mol. The Morgan fingerprint density at radius 2 is 2.17 bits per heavy atom. The number of ether oxygens (including phenoxy) is 1. The van der Waals surface area contributed by atoms with E-state index in [1.54, 1.807) is 43.5 Å². The molecule has 1 amide bonds. The molecule has 0 unspecified atom stereocenters. The Hall–Kier alpha value is -2.64. The summed E-state index contributed by atoms with van der Waals surface area (Å²) in [5.74, 6) is 1.15. The van der Waals surface area contributed by atoms with Crippen molar-refractivity contribution in [1.82, 2.24) is 25.1 Å². The van der Waals surface area contributed by atoms with Gasteiger partial charge in [0.05, 0.1) is 18.9 Å². The Balaban J connectivity index is 1.55. The summed E-state index contributed by atoms with van der Waals surface area (Å²) in [6.07, 6.45) is 6.69. The molecule has 1 N–H and O–H groups in total. The molecule has 2 aromatic heterocycles. The van der Waals surface area contributed by atoms with Crippen molar-refractivity contribution < 1.29 is 9.53 Å². The number of nitrogens with one attached hydrogen (secondary N) is 1. The van der Waals surface area contributed by atoms with Crippen LogP contribution in [0.15, 0.2) is 24.7 Å². The van der Waals surface area contributed by atoms with E-state index in [1.165, 1.54) is 0 Å². The fourth-order valence-corrected chi connectivity index (χ4v) is 2.63. The number of nitrogens with zero attached hydrogens (tertiary/aromatic N) is 5. The van der Waals surface area contributed by atoms with Gasteiger partial charge in [0.25, 0.3) is 5.91 Å². The molecular weight excluding hydrogens is 296 g/mol. The number of carbonyl (C=O) groups excluding carboxylic acids is 1. The molecule has 1 aliphatic rings. The molecule has 8 heteroatoms. The molecule has 3 rings (SSSR count). The second kappa shape index (κ2) is 6.64. The average Bonchev–Trinajstić information content (AvgIpc) is 3.02. The Kier molecular flexibility index (Phi) is 4.40. The van der Waals surface area contributed by atoms with Crippen molar-refractivity contribution in [3.05, 3.63) is 30.2 Å². The molecule has 1 fully saturated rings. The molecule has 23 heavy (non-hydrogen) atoms. The van der Waals surface area contributed by atoms with Crippen molar-refractivity contribution in [2.24, 2.45) is 7.05 Å². The van der Waals surface area contributed by atoms with E-state index in [2.05, 4.69) is 25.3 Å². The molecule has 0 bridgehead atoms. The Labute approximate surface area is 134 Å². The summed E-state index contributed by atoms with van der Waals surface area (Å²) in [7, 11) is 3.38. The standard InChI is InChI=1S/C15H20N6O2/c1-20-10-11(9-17-20)14(22)18-12-4-7-21(8-5-12)15-16-6-3-13(19-15)23-2/h3,6,9-10,12H,4-5,7-8H2,1-2H3,(H,18,22). The van der Waals surface area contributed by atoms with Gasteiger partial charge >= 0.3 is 0 Å². The molecule has 0 radical (unpaired) electrons. The van der Waals surface area contributed by atoms with E-state index >= 15 is 0 Å². The third-order valence-electron chi connectivity index (χ3n) is 3.91. The lowest BCUT2D eigenvalue weighted by Gasteiger charge is -2.32. The molecule has 0 atom stereocenters. The van der Waals surface area contributed by atoms with Crippen LogP contribution >= 0.6 is 0 Å². The summed E-state index contributed by atoms with van der Waals surface area (Å²) >= 11 is 0. The van der Waals surface area contributed by atoms with Gasteiger partial charge in [-0.15, -0.1) is 0 Å². The van der Waals surface area contributed by atoms with Gasteiger partial charge in [-0.25, -0.2) is 4.98 Å². The van der Waals surface area contributed by atoms with E-state index in [0.717, 1.165) is 25.9 Å². The molecule has 0 spiro atoms. The van der Waals surface area contributed by atoms with Crippen LogP contribution in [0.4, 0.5) is 5.95 Å². The smallest absolute Gasteiger partial charge is 0.254 e. The fraction of sp³-hybridized carbons (Fsp3) is 0.467. The van der Waals surface area contributed by atoms with Gasteiger partial charge in [-0.1, -0.05) is 0 Å². The number of aryl methyl sites for hydroxylation is 1. The maximum atomic E-state index is 12.1. The number of carbonyl (C=O) groups is 1. The van der Waals surface area contributed by atoms with Gasteiger partial charge in [0, 0.05) is 44.6 Å². The number of piperidine rings is 1. The number of hydrogen-bond acceptors (Lipinski definition) is 6. The van der Waals surface area contributed by atoms with Crippen molar-refractivity contribution in [2.45, 2.75) is 18.9 Å². The Morgan fingerprint density at radius 3 is 2.83 bits per heavy atom. The van der Waals surface area contributed by atoms with Gasteiger partial charge in [0.1, 0.15) is 0 Å². The summed E-state index contributed by atoms with van der Waals surface area (Å²) in [6.45, 7) is 1.59. The summed E-state index contributed by atoms with van der Waals surface area (Å²) in [5, 5.41) is 7.08. The zero-order valence-electron chi connectivity index (χ0n) is 13.3. The molecule has 3 heterocycles. The predicted octanol–water partition coefficient (Wildman–Crippen LogP) is 0.617. The first-order chi connectivity index (χ1) is 11.2. The summed E-state index contributed by atoms with van der Waals surface area (Å²) in [6, 6.07) is 1.88. The lowest BCUT2D eigenvalue weighted by Crippen LogP contribution is -2.45. The Morgan fingerprint density at radius 1 is 1.39 bits per heavy atom. The first-order valence-electron chi connectivity index (χ1n) is 7.57. The summed E-state index contributed by atoms with van der Waals surface area (Å²) in [4.78, 5) is 22.9. The minimum atomic E-state index is -0.0748. The normalized spacial score (nSPS) is 15.5. The highest BCUT2D eigenvalue weighted by atomic mass is 16.5. The highest BCUT2D eigenvalue weighted by molar-refractivity contribution is 5.93. The minimum absolute atomic E-state index is 0.0748. The number of amides is 1. The first-order valence-corrected chi connectivity index (χ1v) is 7.57. The van der Waals surface area contributed by atoms with Crippen LogP contribution in [0.25, 0.3) is 0 Å². The molecule has 0 aromatic carbocycles. The van der Waals surface area contributed by atoms with E-state index in [0.29, 0.717) is 17.4 Å². The Bertz CT molecular complexity index is 678. The lowest BCUT2D eigenvalue weighted by atomic mass is 10.1. The van der Waals surface area contributed by atoms with Crippen LogP contribution < -0.4 is 15.0 Å². The second-order valence-corrected chi connectivity index (χ2v) is 5.54. The maximum Gasteiger partial charge on any atom is 0.254 e.